The molecule has 6 heteroatoms. The summed E-state index contributed by atoms with van der Waals surface area (Å²) in [5.41, 5.74) is 0.817. The highest BCUT2D eigenvalue weighted by Crippen LogP contribution is 2.25. The van der Waals surface area contributed by atoms with Crippen molar-refractivity contribution in [1.29, 1.82) is 0 Å². The van der Waals surface area contributed by atoms with Crippen LogP contribution >= 0.6 is 0 Å². The second-order valence-electron chi connectivity index (χ2n) is 6.52. The predicted octanol–water partition coefficient (Wildman–Crippen LogP) is 2.92. The number of rotatable bonds is 8. The summed E-state index contributed by atoms with van der Waals surface area (Å²) >= 11 is 0. The molecule has 1 atom stereocenters. The second kappa shape index (κ2) is 8.56. The van der Waals surface area contributed by atoms with Gasteiger partial charge in [-0.1, -0.05) is 6.07 Å². The zero-order valence-electron chi connectivity index (χ0n) is 14.9. The molecule has 138 valence electrons. The van der Waals surface area contributed by atoms with E-state index in [1.807, 2.05) is 31.2 Å². The number of nitrogens with zero attached hydrogens (tertiary/aromatic N) is 1. The number of furan rings is 1. The number of carbonyl (C=O) groups excluding carboxylic acids is 2. The fraction of sp³-hybridized carbons (Fsp3) is 0.400. The minimum absolute atomic E-state index is 0.0322. The Bertz CT molecular complexity index is 742. The average Bonchev–Trinajstić information content (AvgIpc) is 3.30. The molecule has 0 bridgehead atoms. The van der Waals surface area contributed by atoms with Gasteiger partial charge in [0.15, 0.2) is 6.61 Å². The quantitative estimate of drug-likeness (QED) is 0.789. The lowest BCUT2D eigenvalue weighted by Crippen LogP contribution is -2.36. The molecule has 3 rings (SSSR count). The van der Waals surface area contributed by atoms with Gasteiger partial charge < -0.3 is 19.4 Å². The summed E-state index contributed by atoms with van der Waals surface area (Å²) in [6, 6.07) is 11.1. The van der Waals surface area contributed by atoms with Crippen molar-refractivity contribution in [2.24, 2.45) is 0 Å². The van der Waals surface area contributed by atoms with Crippen molar-refractivity contribution in [3.05, 3.63) is 48.4 Å². The molecule has 0 radical (unpaired) electrons. The SMILES string of the molecule is CC(CCc1ccco1)NC(=O)COc1cccc(N2CCCC2=O)c1. The maximum atomic E-state index is 12.1. The Morgan fingerprint density at radius 1 is 1.35 bits per heavy atom. The van der Waals surface area contributed by atoms with E-state index in [1.165, 1.54) is 0 Å². The van der Waals surface area contributed by atoms with Gasteiger partial charge in [0, 0.05) is 37.2 Å². The van der Waals surface area contributed by atoms with Crippen molar-refractivity contribution in [1.82, 2.24) is 5.32 Å². The van der Waals surface area contributed by atoms with E-state index in [9.17, 15) is 9.59 Å². The largest absolute Gasteiger partial charge is 0.484 e. The Hall–Kier alpha value is -2.76. The van der Waals surface area contributed by atoms with E-state index in [1.54, 1.807) is 23.3 Å². The van der Waals surface area contributed by atoms with Crippen LogP contribution in [0.25, 0.3) is 0 Å². The number of anilines is 1. The van der Waals surface area contributed by atoms with Crippen molar-refractivity contribution in [2.75, 3.05) is 18.1 Å². The van der Waals surface area contributed by atoms with Crippen LogP contribution in [0.2, 0.25) is 0 Å². The van der Waals surface area contributed by atoms with Gasteiger partial charge in [-0.25, -0.2) is 0 Å². The number of nitrogens with one attached hydrogen (secondary N) is 1. The lowest BCUT2D eigenvalue weighted by molar-refractivity contribution is -0.123. The molecule has 0 saturated carbocycles. The summed E-state index contributed by atoms with van der Waals surface area (Å²) in [6.07, 6.45) is 4.69. The molecule has 2 amide bonds. The van der Waals surface area contributed by atoms with Gasteiger partial charge >= 0.3 is 0 Å². The first-order chi connectivity index (χ1) is 12.6. The molecule has 2 aromatic rings. The summed E-state index contributed by atoms with van der Waals surface area (Å²) in [5, 5.41) is 2.92. The summed E-state index contributed by atoms with van der Waals surface area (Å²) in [6.45, 7) is 2.64. The zero-order chi connectivity index (χ0) is 18.4. The molecule has 1 aliphatic heterocycles. The van der Waals surface area contributed by atoms with Gasteiger partial charge in [0.2, 0.25) is 5.91 Å². The highest BCUT2D eigenvalue weighted by molar-refractivity contribution is 5.95. The summed E-state index contributed by atoms with van der Waals surface area (Å²) in [5.74, 6) is 1.46. The molecule has 0 spiro atoms. The van der Waals surface area contributed by atoms with Crippen LogP contribution in [-0.4, -0.2) is 31.0 Å². The summed E-state index contributed by atoms with van der Waals surface area (Å²) < 4.78 is 10.9. The smallest absolute Gasteiger partial charge is 0.258 e. The number of carbonyl (C=O) groups is 2. The monoisotopic (exact) mass is 356 g/mol. The highest BCUT2D eigenvalue weighted by Gasteiger charge is 2.21. The van der Waals surface area contributed by atoms with Crippen LogP contribution in [0, 0.1) is 0 Å². The number of aryl methyl sites for hydroxylation is 1. The van der Waals surface area contributed by atoms with Crippen LogP contribution in [0.15, 0.2) is 47.1 Å². The highest BCUT2D eigenvalue weighted by atomic mass is 16.5. The van der Waals surface area contributed by atoms with Gasteiger partial charge in [-0.05, 0) is 44.0 Å². The first kappa shape index (κ1) is 18.0. The molecule has 6 nitrogen and oxygen atoms in total. The van der Waals surface area contributed by atoms with Crippen molar-refractivity contribution in [3.63, 3.8) is 0 Å². The molecule has 0 aliphatic carbocycles. The Balaban J connectivity index is 1.44. The summed E-state index contributed by atoms with van der Waals surface area (Å²) in [7, 11) is 0. The Morgan fingerprint density at radius 2 is 2.23 bits per heavy atom. The van der Waals surface area contributed by atoms with E-state index in [4.69, 9.17) is 9.15 Å². The van der Waals surface area contributed by atoms with Crippen LogP contribution < -0.4 is 15.0 Å². The molecule has 2 heterocycles. The number of hydrogen-bond donors (Lipinski definition) is 1. The molecule has 1 N–H and O–H groups in total. The maximum absolute atomic E-state index is 12.1. The van der Waals surface area contributed by atoms with Crippen molar-refractivity contribution >= 4 is 17.5 Å². The normalized spacial score (nSPS) is 15.1. The van der Waals surface area contributed by atoms with Gasteiger partial charge in [0.25, 0.3) is 5.91 Å². The predicted molar refractivity (Wildman–Crippen MR) is 98.2 cm³/mol. The van der Waals surface area contributed by atoms with E-state index >= 15 is 0 Å². The Kier molecular flexibility index (Phi) is 5.94. The van der Waals surface area contributed by atoms with Gasteiger partial charge in [0.1, 0.15) is 11.5 Å². The minimum atomic E-state index is -0.167. The van der Waals surface area contributed by atoms with Crippen LogP contribution in [-0.2, 0) is 16.0 Å². The van der Waals surface area contributed by atoms with Crippen LogP contribution in [0.3, 0.4) is 0 Å². The van der Waals surface area contributed by atoms with Gasteiger partial charge in [-0.3, -0.25) is 9.59 Å². The fourth-order valence-electron chi connectivity index (χ4n) is 3.01. The molecular formula is C20H24N2O4. The molecule has 1 aliphatic rings. The Labute approximate surface area is 153 Å². The van der Waals surface area contributed by atoms with E-state index in [0.717, 1.165) is 37.3 Å². The molecule has 26 heavy (non-hydrogen) atoms. The van der Waals surface area contributed by atoms with E-state index in [0.29, 0.717) is 12.2 Å². The molecule has 1 saturated heterocycles. The van der Waals surface area contributed by atoms with Crippen LogP contribution in [0.5, 0.6) is 5.75 Å². The number of ether oxygens (including phenoxy) is 1. The van der Waals surface area contributed by atoms with Crippen molar-refractivity contribution < 1.29 is 18.7 Å². The molecule has 1 aromatic carbocycles. The third-order valence-electron chi connectivity index (χ3n) is 4.38. The maximum Gasteiger partial charge on any atom is 0.258 e. The van der Waals surface area contributed by atoms with E-state index in [-0.39, 0.29) is 24.5 Å². The van der Waals surface area contributed by atoms with Crippen molar-refractivity contribution in [2.45, 2.75) is 38.6 Å². The zero-order valence-corrected chi connectivity index (χ0v) is 14.9. The van der Waals surface area contributed by atoms with E-state index in [2.05, 4.69) is 5.32 Å². The third kappa shape index (κ3) is 4.88. The second-order valence-corrected chi connectivity index (χ2v) is 6.52. The van der Waals surface area contributed by atoms with Gasteiger partial charge in [-0.15, -0.1) is 0 Å². The summed E-state index contributed by atoms with van der Waals surface area (Å²) in [4.78, 5) is 25.6. The minimum Gasteiger partial charge on any atom is -0.484 e. The van der Waals surface area contributed by atoms with Gasteiger partial charge in [0.05, 0.1) is 6.26 Å². The van der Waals surface area contributed by atoms with E-state index < -0.39 is 0 Å². The average molecular weight is 356 g/mol. The molecule has 1 unspecified atom stereocenters. The standard InChI is InChI=1S/C20H24N2O4/c1-15(9-10-17-7-4-12-25-17)21-19(23)14-26-18-6-2-5-16(13-18)22-11-3-8-20(22)24/h2,4-7,12-13,15H,3,8-11,14H2,1H3,(H,21,23). The first-order valence-electron chi connectivity index (χ1n) is 8.97. The number of amides is 2. The third-order valence-corrected chi connectivity index (χ3v) is 4.38. The number of benzene rings is 1. The van der Waals surface area contributed by atoms with Gasteiger partial charge in [-0.2, -0.15) is 0 Å². The fourth-order valence-corrected chi connectivity index (χ4v) is 3.01. The number of hydrogen-bond acceptors (Lipinski definition) is 4. The lowest BCUT2D eigenvalue weighted by atomic mass is 10.1. The van der Waals surface area contributed by atoms with Crippen LogP contribution in [0.4, 0.5) is 5.69 Å². The van der Waals surface area contributed by atoms with Crippen LogP contribution in [0.1, 0.15) is 31.9 Å². The topological polar surface area (TPSA) is 71.8 Å². The Morgan fingerprint density at radius 3 is 2.96 bits per heavy atom. The molecular weight excluding hydrogens is 332 g/mol. The molecule has 1 fully saturated rings. The lowest BCUT2D eigenvalue weighted by Gasteiger charge is -2.17. The van der Waals surface area contributed by atoms with Crippen molar-refractivity contribution in [3.8, 4) is 5.75 Å². The first-order valence-corrected chi connectivity index (χ1v) is 8.97. The molecule has 1 aromatic heterocycles.